The van der Waals surface area contributed by atoms with E-state index in [1.165, 1.54) is 51.4 Å². The summed E-state index contributed by atoms with van der Waals surface area (Å²) in [6.45, 7) is 4.58. The van der Waals surface area contributed by atoms with Crippen molar-refractivity contribution in [2.75, 3.05) is 12.4 Å². The molecule has 0 aromatic carbocycles. The van der Waals surface area contributed by atoms with Gasteiger partial charge in [-0.2, -0.15) is 12.6 Å². The predicted molar refractivity (Wildman–Crippen MR) is 85.8 cm³/mol. The van der Waals surface area contributed by atoms with Gasteiger partial charge < -0.3 is 4.74 Å². The van der Waals surface area contributed by atoms with Crippen molar-refractivity contribution in [1.29, 1.82) is 0 Å². The molecule has 114 valence electrons. The van der Waals surface area contributed by atoms with Crippen LogP contribution in [0.5, 0.6) is 0 Å². The van der Waals surface area contributed by atoms with E-state index in [2.05, 4.69) is 19.6 Å². The number of thiol groups is 1. The second-order valence-electron chi connectivity index (χ2n) is 5.25. The summed E-state index contributed by atoms with van der Waals surface area (Å²) < 4.78 is 5.04. The number of carbonyl (C=O) groups is 1. The molecule has 0 radical (unpaired) electrons. The number of esters is 1. The fourth-order valence-corrected chi connectivity index (χ4v) is 2.58. The van der Waals surface area contributed by atoms with E-state index in [0.29, 0.717) is 12.4 Å². The van der Waals surface area contributed by atoms with Crippen molar-refractivity contribution < 1.29 is 9.53 Å². The normalized spacial score (nSPS) is 12.4. The second kappa shape index (κ2) is 14.2. The lowest BCUT2D eigenvalue weighted by molar-refractivity contribution is -0.147. The first-order chi connectivity index (χ1) is 9.26. The minimum atomic E-state index is -0.0722. The molecule has 0 aliphatic rings. The van der Waals surface area contributed by atoms with Gasteiger partial charge in [0.15, 0.2) is 0 Å². The van der Waals surface area contributed by atoms with Crippen molar-refractivity contribution in [3.63, 3.8) is 0 Å². The van der Waals surface area contributed by atoms with Crippen LogP contribution in [0.3, 0.4) is 0 Å². The Hall–Kier alpha value is -0.180. The highest BCUT2D eigenvalue weighted by molar-refractivity contribution is 7.80. The van der Waals surface area contributed by atoms with Crippen LogP contribution in [0.15, 0.2) is 0 Å². The molecule has 0 amide bonds. The number of unbranched alkanes of at least 4 members (excludes halogenated alkanes) is 8. The predicted octanol–water partition coefficient (Wildman–Crippen LogP) is 5.02. The number of hydrogen-bond donors (Lipinski definition) is 1. The van der Waals surface area contributed by atoms with Gasteiger partial charge in [-0.15, -0.1) is 0 Å². The monoisotopic (exact) mass is 288 g/mol. The highest BCUT2D eigenvalue weighted by Crippen LogP contribution is 2.15. The molecule has 0 N–H and O–H groups in total. The lowest BCUT2D eigenvalue weighted by Gasteiger charge is -2.12. The average Bonchev–Trinajstić information content (AvgIpc) is 2.41. The summed E-state index contributed by atoms with van der Waals surface area (Å²) in [5.74, 6) is 0.528. The molecule has 0 aliphatic heterocycles. The maximum absolute atomic E-state index is 11.6. The maximum Gasteiger partial charge on any atom is 0.309 e. The maximum atomic E-state index is 11.6. The molecule has 0 aromatic heterocycles. The second-order valence-corrected chi connectivity index (χ2v) is 5.61. The Balaban J connectivity index is 3.38. The van der Waals surface area contributed by atoms with E-state index < -0.39 is 0 Å². The van der Waals surface area contributed by atoms with Crippen molar-refractivity contribution in [1.82, 2.24) is 0 Å². The molecule has 0 aromatic rings. The molecule has 0 aliphatic carbocycles. The lowest BCUT2D eigenvalue weighted by Crippen LogP contribution is -2.19. The van der Waals surface area contributed by atoms with E-state index in [0.717, 1.165) is 12.8 Å². The van der Waals surface area contributed by atoms with Gasteiger partial charge in [0.1, 0.15) is 0 Å². The fourth-order valence-electron chi connectivity index (χ4n) is 2.25. The first-order valence-corrected chi connectivity index (χ1v) is 8.66. The first-order valence-electron chi connectivity index (χ1n) is 8.03. The van der Waals surface area contributed by atoms with Gasteiger partial charge in [-0.05, 0) is 13.3 Å². The Kier molecular flexibility index (Phi) is 14.1. The van der Waals surface area contributed by atoms with Gasteiger partial charge in [-0.1, -0.05) is 64.7 Å². The van der Waals surface area contributed by atoms with Crippen molar-refractivity contribution in [2.24, 2.45) is 5.92 Å². The van der Waals surface area contributed by atoms with Crippen LogP contribution in [0.4, 0.5) is 0 Å². The Labute approximate surface area is 125 Å². The molecule has 1 unspecified atom stereocenters. The summed E-state index contributed by atoms with van der Waals surface area (Å²) >= 11 is 4.24. The third kappa shape index (κ3) is 11.4. The van der Waals surface area contributed by atoms with Gasteiger partial charge in [0.25, 0.3) is 0 Å². The topological polar surface area (TPSA) is 26.3 Å². The molecule has 0 saturated carbocycles. The van der Waals surface area contributed by atoms with Crippen LogP contribution in [0, 0.1) is 5.92 Å². The van der Waals surface area contributed by atoms with E-state index in [4.69, 9.17) is 4.74 Å². The van der Waals surface area contributed by atoms with Crippen LogP contribution >= 0.6 is 12.6 Å². The first kappa shape index (κ1) is 18.8. The lowest BCUT2D eigenvalue weighted by atomic mass is 10.0. The molecule has 0 spiro atoms. The quantitative estimate of drug-likeness (QED) is 0.293. The van der Waals surface area contributed by atoms with Crippen molar-refractivity contribution in [2.45, 2.75) is 78.1 Å². The van der Waals surface area contributed by atoms with Crippen LogP contribution in [0.1, 0.15) is 78.1 Å². The summed E-state index contributed by atoms with van der Waals surface area (Å²) in [6, 6.07) is 0. The van der Waals surface area contributed by atoms with Gasteiger partial charge >= 0.3 is 5.97 Å². The molecule has 0 fully saturated rings. The molecule has 0 rings (SSSR count). The summed E-state index contributed by atoms with van der Waals surface area (Å²) in [4.78, 5) is 11.6. The molecular formula is C16H32O2S. The Bertz CT molecular complexity index is 207. The van der Waals surface area contributed by atoms with Gasteiger partial charge in [-0.25, -0.2) is 0 Å². The van der Waals surface area contributed by atoms with Gasteiger partial charge in [-0.3, -0.25) is 4.79 Å². The highest BCUT2D eigenvalue weighted by atomic mass is 32.1. The van der Waals surface area contributed by atoms with Crippen molar-refractivity contribution >= 4 is 18.6 Å². The SMILES string of the molecule is CCCCCCCCCCCC(CS)C(=O)OCC. The van der Waals surface area contributed by atoms with E-state index in [9.17, 15) is 4.79 Å². The Morgan fingerprint density at radius 1 is 0.947 bits per heavy atom. The van der Waals surface area contributed by atoms with Gasteiger partial charge in [0.2, 0.25) is 0 Å². The smallest absolute Gasteiger partial charge is 0.309 e. The van der Waals surface area contributed by atoms with Crippen LogP contribution in [-0.4, -0.2) is 18.3 Å². The summed E-state index contributed by atoms with van der Waals surface area (Å²) in [6.07, 6.45) is 12.8. The largest absolute Gasteiger partial charge is 0.466 e. The number of carbonyl (C=O) groups excluding carboxylic acids is 1. The van der Waals surface area contributed by atoms with Crippen LogP contribution in [0.25, 0.3) is 0 Å². The number of ether oxygens (including phenoxy) is 1. The van der Waals surface area contributed by atoms with Crippen molar-refractivity contribution in [3.05, 3.63) is 0 Å². The molecule has 0 saturated heterocycles. The Morgan fingerprint density at radius 3 is 1.95 bits per heavy atom. The minimum Gasteiger partial charge on any atom is -0.466 e. The van der Waals surface area contributed by atoms with Crippen LogP contribution in [-0.2, 0) is 9.53 Å². The zero-order chi connectivity index (χ0) is 14.3. The van der Waals surface area contributed by atoms with E-state index in [1.54, 1.807) is 0 Å². The molecule has 19 heavy (non-hydrogen) atoms. The standard InChI is InChI=1S/C16H32O2S/c1-3-5-6-7-8-9-10-11-12-13-15(14-19)16(17)18-4-2/h15,19H,3-14H2,1-2H3. The molecule has 2 nitrogen and oxygen atoms in total. The van der Waals surface area contributed by atoms with E-state index in [-0.39, 0.29) is 11.9 Å². The summed E-state index contributed by atoms with van der Waals surface area (Å²) in [5.41, 5.74) is 0. The van der Waals surface area contributed by atoms with Gasteiger partial charge in [0.05, 0.1) is 12.5 Å². The molecule has 0 bridgehead atoms. The van der Waals surface area contributed by atoms with Crippen molar-refractivity contribution in [3.8, 4) is 0 Å². The fraction of sp³-hybridized carbons (Fsp3) is 0.938. The average molecular weight is 288 g/mol. The number of rotatable bonds is 13. The molecule has 1 atom stereocenters. The molecule has 0 heterocycles. The number of hydrogen-bond acceptors (Lipinski definition) is 3. The summed E-state index contributed by atoms with van der Waals surface area (Å²) in [5, 5.41) is 0. The zero-order valence-electron chi connectivity index (χ0n) is 12.8. The Morgan fingerprint density at radius 2 is 1.47 bits per heavy atom. The minimum absolute atomic E-state index is 0.00663. The van der Waals surface area contributed by atoms with Crippen LogP contribution < -0.4 is 0 Å². The highest BCUT2D eigenvalue weighted by Gasteiger charge is 2.17. The third-order valence-electron chi connectivity index (χ3n) is 3.50. The zero-order valence-corrected chi connectivity index (χ0v) is 13.7. The van der Waals surface area contributed by atoms with E-state index in [1.807, 2.05) is 6.92 Å². The molecular weight excluding hydrogens is 256 g/mol. The van der Waals surface area contributed by atoms with Gasteiger partial charge in [0, 0.05) is 5.75 Å². The summed E-state index contributed by atoms with van der Waals surface area (Å²) in [7, 11) is 0. The molecule has 3 heteroatoms. The van der Waals surface area contributed by atoms with E-state index >= 15 is 0 Å². The third-order valence-corrected chi connectivity index (χ3v) is 3.94. The van der Waals surface area contributed by atoms with Crippen LogP contribution in [0.2, 0.25) is 0 Å².